The quantitative estimate of drug-likeness (QED) is 0.520. The number of hydrogen-bond donors (Lipinski definition) is 0. The summed E-state index contributed by atoms with van der Waals surface area (Å²) in [5.41, 5.74) is 4.18. The number of carbonyl (C=O) groups excluding carboxylic acids is 1. The van der Waals surface area contributed by atoms with E-state index in [1.54, 1.807) is 0 Å². The van der Waals surface area contributed by atoms with Gasteiger partial charge in [0.2, 0.25) is 0 Å². The Morgan fingerprint density at radius 1 is 1.13 bits per heavy atom. The molecule has 0 spiro atoms. The van der Waals surface area contributed by atoms with Crippen molar-refractivity contribution in [3.05, 3.63) is 65.2 Å². The molecule has 0 saturated heterocycles. The van der Waals surface area contributed by atoms with Gasteiger partial charge in [-0.05, 0) is 71.3 Å². The van der Waals surface area contributed by atoms with E-state index in [9.17, 15) is 4.79 Å². The molecule has 2 heteroatoms. The highest BCUT2D eigenvalue weighted by atomic mass is 16.5. The third-order valence-electron chi connectivity index (χ3n) is 7.89. The molecule has 4 rings (SSSR count). The Bertz CT molecular complexity index is 885. The molecular formula is C28H36O2. The normalized spacial score (nSPS) is 28.2. The summed E-state index contributed by atoms with van der Waals surface area (Å²) in [5.74, 6) is 3.13. The summed E-state index contributed by atoms with van der Waals surface area (Å²) in [6.45, 7) is 9.83. The van der Waals surface area contributed by atoms with E-state index >= 15 is 0 Å². The Balaban J connectivity index is 1.56. The van der Waals surface area contributed by atoms with Crippen LogP contribution in [0, 0.1) is 23.2 Å². The molecule has 0 amide bonds. The lowest BCUT2D eigenvalue weighted by molar-refractivity contribution is -0.133. The van der Waals surface area contributed by atoms with Crippen molar-refractivity contribution in [2.45, 2.75) is 72.3 Å². The van der Waals surface area contributed by atoms with Gasteiger partial charge in [-0.25, -0.2) is 0 Å². The minimum Gasteiger partial charge on any atom is -0.489 e. The summed E-state index contributed by atoms with van der Waals surface area (Å²) >= 11 is 0. The second kappa shape index (κ2) is 8.57. The lowest BCUT2D eigenvalue weighted by Crippen LogP contribution is -2.48. The number of benzene rings is 2. The van der Waals surface area contributed by atoms with Crippen LogP contribution in [0.5, 0.6) is 5.75 Å². The van der Waals surface area contributed by atoms with Crippen LogP contribution in [0.25, 0.3) is 0 Å². The second-order valence-electron chi connectivity index (χ2n) is 10.2. The number of ketones is 1. The summed E-state index contributed by atoms with van der Waals surface area (Å²) in [5, 5.41) is 0. The van der Waals surface area contributed by atoms with Gasteiger partial charge in [-0.2, -0.15) is 0 Å². The zero-order valence-electron chi connectivity index (χ0n) is 19.0. The fourth-order valence-electron chi connectivity index (χ4n) is 5.96. The van der Waals surface area contributed by atoms with Crippen molar-refractivity contribution < 1.29 is 9.53 Å². The van der Waals surface area contributed by atoms with Crippen molar-refractivity contribution in [1.29, 1.82) is 0 Å². The summed E-state index contributed by atoms with van der Waals surface area (Å²) in [6.07, 6.45) is 5.35. The molecule has 2 nitrogen and oxygen atoms in total. The Kier molecular flexibility index (Phi) is 6.04. The Morgan fingerprint density at radius 2 is 1.90 bits per heavy atom. The van der Waals surface area contributed by atoms with Crippen molar-refractivity contribution in [1.82, 2.24) is 0 Å². The largest absolute Gasteiger partial charge is 0.489 e. The first-order valence-electron chi connectivity index (χ1n) is 11.7. The first-order valence-corrected chi connectivity index (χ1v) is 11.7. The average Bonchev–Trinajstić information content (AvgIpc) is 2.74. The molecule has 0 bridgehead atoms. The summed E-state index contributed by atoms with van der Waals surface area (Å²) in [6, 6.07) is 16.9. The molecule has 1 fully saturated rings. The Morgan fingerprint density at radius 3 is 2.63 bits per heavy atom. The maximum Gasteiger partial charge on any atom is 0.136 e. The van der Waals surface area contributed by atoms with E-state index in [0.717, 1.165) is 12.2 Å². The number of Topliss-reactive ketones (excluding diaryl/α,β-unsaturated/α-hetero) is 1. The minimum absolute atomic E-state index is 0.194. The van der Waals surface area contributed by atoms with Crippen molar-refractivity contribution in [2.75, 3.05) is 0 Å². The number of fused-ring (bicyclic) bond motifs is 3. The Labute approximate surface area is 182 Å². The van der Waals surface area contributed by atoms with Gasteiger partial charge in [-0.15, -0.1) is 0 Å². The number of hydrogen-bond acceptors (Lipinski definition) is 2. The zero-order valence-corrected chi connectivity index (χ0v) is 19.0. The van der Waals surface area contributed by atoms with Gasteiger partial charge in [-0.3, -0.25) is 4.79 Å². The van der Waals surface area contributed by atoms with Crippen LogP contribution in [0.15, 0.2) is 48.5 Å². The summed E-state index contributed by atoms with van der Waals surface area (Å²) in [7, 11) is 0. The molecule has 4 atom stereocenters. The van der Waals surface area contributed by atoms with Crippen LogP contribution in [0.2, 0.25) is 0 Å². The SMILES string of the molecule is CC(C)CC[C@H]1[C@H](C)C(=O)C[C@@H]2c3ccc(OCc4ccccc4)cc3CC[C@]21C. The molecule has 160 valence electrons. The monoisotopic (exact) mass is 404 g/mol. The van der Waals surface area contributed by atoms with Crippen LogP contribution in [0.4, 0.5) is 0 Å². The highest BCUT2D eigenvalue weighted by Crippen LogP contribution is 2.58. The third kappa shape index (κ3) is 4.06. The molecule has 2 aromatic carbocycles. The standard InChI is InChI=1S/C28H36O2/c1-19(2)10-13-25-20(3)27(29)17-26-24-12-11-23(16-22(24)14-15-28(25,26)4)30-18-21-8-6-5-7-9-21/h5-9,11-12,16,19-20,25-26H,10,13-15,17-18H2,1-4H3/t20-,25-,26+,28-/m0/s1. The van der Waals surface area contributed by atoms with Crippen LogP contribution < -0.4 is 4.74 Å². The highest BCUT2D eigenvalue weighted by Gasteiger charge is 2.52. The molecule has 0 unspecified atom stereocenters. The fourth-order valence-corrected chi connectivity index (χ4v) is 5.96. The topological polar surface area (TPSA) is 26.3 Å². The first-order chi connectivity index (χ1) is 14.4. The van der Waals surface area contributed by atoms with Gasteiger partial charge in [0, 0.05) is 12.3 Å². The maximum atomic E-state index is 13.0. The molecule has 0 aliphatic heterocycles. The molecule has 0 N–H and O–H groups in total. The molecule has 1 saturated carbocycles. The van der Waals surface area contributed by atoms with Crippen LogP contribution in [0.3, 0.4) is 0 Å². The van der Waals surface area contributed by atoms with Gasteiger partial charge in [0.05, 0.1) is 0 Å². The second-order valence-corrected chi connectivity index (χ2v) is 10.2. The summed E-state index contributed by atoms with van der Waals surface area (Å²) in [4.78, 5) is 13.0. The number of carbonyl (C=O) groups is 1. The smallest absolute Gasteiger partial charge is 0.136 e. The van der Waals surface area contributed by atoms with Gasteiger partial charge >= 0.3 is 0 Å². The van der Waals surface area contributed by atoms with Crippen LogP contribution in [0.1, 0.15) is 76.0 Å². The molecule has 0 aromatic heterocycles. The lowest BCUT2D eigenvalue weighted by atomic mass is 9.50. The van der Waals surface area contributed by atoms with E-state index in [4.69, 9.17) is 4.74 Å². The van der Waals surface area contributed by atoms with Gasteiger partial charge in [-0.1, -0.05) is 70.5 Å². The predicted molar refractivity (Wildman–Crippen MR) is 123 cm³/mol. The molecule has 0 heterocycles. The van der Waals surface area contributed by atoms with Crippen molar-refractivity contribution >= 4 is 5.78 Å². The average molecular weight is 405 g/mol. The lowest BCUT2D eigenvalue weighted by Gasteiger charge is -2.53. The Hall–Kier alpha value is -2.09. The van der Waals surface area contributed by atoms with E-state index in [2.05, 4.69) is 58.0 Å². The van der Waals surface area contributed by atoms with Crippen molar-refractivity contribution in [2.24, 2.45) is 23.2 Å². The highest BCUT2D eigenvalue weighted by molar-refractivity contribution is 5.83. The first kappa shape index (κ1) is 21.2. The van der Waals surface area contributed by atoms with E-state index in [1.165, 1.54) is 36.0 Å². The van der Waals surface area contributed by atoms with Gasteiger partial charge < -0.3 is 4.74 Å². The zero-order chi connectivity index (χ0) is 21.3. The van der Waals surface area contributed by atoms with E-state index in [-0.39, 0.29) is 11.3 Å². The van der Waals surface area contributed by atoms with Crippen molar-refractivity contribution in [3.8, 4) is 5.75 Å². The fraction of sp³-hybridized carbons (Fsp3) is 0.536. The van der Waals surface area contributed by atoms with Gasteiger partial charge in [0.15, 0.2) is 0 Å². The molecule has 30 heavy (non-hydrogen) atoms. The van der Waals surface area contributed by atoms with Crippen LogP contribution in [-0.4, -0.2) is 5.78 Å². The van der Waals surface area contributed by atoms with Crippen LogP contribution in [-0.2, 0) is 17.8 Å². The van der Waals surface area contributed by atoms with E-state index < -0.39 is 0 Å². The van der Waals surface area contributed by atoms with Gasteiger partial charge in [0.25, 0.3) is 0 Å². The predicted octanol–water partition coefficient (Wildman–Crippen LogP) is 6.96. The number of aryl methyl sites for hydroxylation is 1. The number of ether oxygens (including phenoxy) is 1. The summed E-state index contributed by atoms with van der Waals surface area (Å²) < 4.78 is 6.08. The molecular weight excluding hydrogens is 368 g/mol. The third-order valence-corrected chi connectivity index (χ3v) is 7.89. The van der Waals surface area contributed by atoms with Crippen molar-refractivity contribution in [3.63, 3.8) is 0 Å². The molecule has 0 radical (unpaired) electrons. The molecule has 2 aliphatic rings. The molecule has 2 aliphatic carbocycles. The minimum atomic E-state index is 0.194. The molecule has 2 aromatic rings. The van der Waals surface area contributed by atoms with Crippen LogP contribution >= 0.6 is 0 Å². The van der Waals surface area contributed by atoms with Gasteiger partial charge in [0.1, 0.15) is 18.1 Å². The van der Waals surface area contributed by atoms with E-state index in [1.807, 2.05) is 18.2 Å². The van der Waals surface area contributed by atoms with E-state index in [0.29, 0.717) is 36.6 Å². The number of rotatable bonds is 6. The maximum absolute atomic E-state index is 13.0.